The van der Waals surface area contributed by atoms with E-state index in [-0.39, 0.29) is 30.0 Å². The summed E-state index contributed by atoms with van der Waals surface area (Å²) in [4.78, 5) is 19.6. The Morgan fingerprint density at radius 1 is 1.14 bits per heavy atom. The number of alkyl halides is 3. The van der Waals surface area contributed by atoms with Gasteiger partial charge in [-0.15, -0.1) is 5.10 Å². The standard InChI is InChI=1S/C29H27F4N7O3S/c1-3-39-35-17-26(37-39)44(42,43)38(2)23-7-4-19-13-25-18(16-36-40(25)22-8-5-21(30)6-9-22)14-28(19,15-23)27(41)24-12-20(10-11-34-24)29(31,32)33/h5-6,8-13,16-17,23H,3-4,7,14-15H2,1-2H3/t23-,28-/m0/s1. The van der Waals surface area contributed by atoms with E-state index in [1.807, 2.05) is 0 Å². The molecule has 15 heteroatoms. The van der Waals surface area contributed by atoms with Gasteiger partial charge in [0, 0.05) is 19.3 Å². The van der Waals surface area contributed by atoms with Crippen LogP contribution in [0.15, 0.2) is 65.6 Å². The minimum atomic E-state index is -4.69. The number of aromatic nitrogens is 6. The second-order valence-corrected chi connectivity index (χ2v) is 12.9. The molecule has 1 saturated carbocycles. The van der Waals surface area contributed by atoms with Crippen LogP contribution in [-0.2, 0) is 29.2 Å². The van der Waals surface area contributed by atoms with Gasteiger partial charge >= 0.3 is 6.18 Å². The molecule has 0 radical (unpaired) electrons. The van der Waals surface area contributed by atoms with Crippen LogP contribution >= 0.6 is 0 Å². The predicted octanol–water partition coefficient (Wildman–Crippen LogP) is 4.72. The Kier molecular flexibility index (Phi) is 7.27. The molecule has 2 atom stereocenters. The van der Waals surface area contributed by atoms with Gasteiger partial charge in [-0.05, 0) is 80.6 Å². The second-order valence-electron chi connectivity index (χ2n) is 10.9. The van der Waals surface area contributed by atoms with Crippen molar-refractivity contribution in [1.82, 2.24) is 34.1 Å². The summed E-state index contributed by atoms with van der Waals surface area (Å²) in [5.41, 5.74) is -0.256. The highest BCUT2D eigenvalue weighted by atomic mass is 32.2. The van der Waals surface area contributed by atoms with E-state index >= 15 is 0 Å². The first-order valence-electron chi connectivity index (χ1n) is 13.8. The molecule has 2 aliphatic carbocycles. The van der Waals surface area contributed by atoms with Crippen LogP contribution in [0.25, 0.3) is 11.8 Å². The van der Waals surface area contributed by atoms with Crippen LogP contribution in [0.1, 0.15) is 53.5 Å². The molecule has 0 aliphatic heterocycles. The molecule has 1 fully saturated rings. The lowest BCUT2D eigenvalue weighted by Gasteiger charge is -2.45. The molecule has 0 unspecified atom stereocenters. The number of rotatable bonds is 7. The van der Waals surface area contributed by atoms with Crippen LogP contribution in [0.4, 0.5) is 17.6 Å². The number of carbonyl (C=O) groups is 1. The van der Waals surface area contributed by atoms with Gasteiger partial charge in [0.05, 0.1) is 41.3 Å². The fourth-order valence-electron chi connectivity index (χ4n) is 6.05. The molecule has 44 heavy (non-hydrogen) atoms. The van der Waals surface area contributed by atoms with Crippen molar-refractivity contribution >= 4 is 21.9 Å². The van der Waals surface area contributed by atoms with Crippen LogP contribution < -0.4 is 0 Å². The van der Waals surface area contributed by atoms with Crippen molar-refractivity contribution < 1.29 is 30.8 Å². The van der Waals surface area contributed by atoms with Crippen molar-refractivity contribution in [1.29, 1.82) is 0 Å². The largest absolute Gasteiger partial charge is 0.416 e. The predicted molar refractivity (Wildman–Crippen MR) is 149 cm³/mol. The van der Waals surface area contributed by atoms with Gasteiger partial charge in [-0.2, -0.15) is 32.5 Å². The van der Waals surface area contributed by atoms with Crippen LogP contribution in [0.2, 0.25) is 0 Å². The molecule has 0 bridgehead atoms. The van der Waals surface area contributed by atoms with Gasteiger partial charge in [0.15, 0.2) is 5.78 Å². The maximum atomic E-state index is 14.4. The molecule has 0 spiro atoms. The van der Waals surface area contributed by atoms with Crippen molar-refractivity contribution in [2.75, 3.05) is 7.05 Å². The number of allylic oxidation sites excluding steroid dienone is 1. The number of ketones is 1. The van der Waals surface area contributed by atoms with Gasteiger partial charge in [0.2, 0.25) is 5.03 Å². The lowest BCUT2D eigenvalue weighted by molar-refractivity contribution is -0.137. The number of hydrogen-bond acceptors (Lipinski definition) is 7. The molecule has 3 aromatic heterocycles. The Labute approximate surface area is 250 Å². The van der Waals surface area contributed by atoms with Gasteiger partial charge < -0.3 is 0 Å². The third-order valence-corrected chi connectivity index (χ3v) is 10.2. The molecular formula is C29H27F4N7O3S. The number of sulfonamides is 1. The Bertz CT molecular complexity index is 1880. The number of fused-ring (bicyclic) bond motifs is 2. The lowest BCUT2D eigenvalue weighted by Crippen LogP contribution is -2.49. The number of halogens is 4. The van der Waals surface area contributed by atoms with Crippen LogP contribution in [0, 0.1) is 11.2 Å². The fraction of sp³-hybridized carbons (Fsp3) is 0.345. The van der Waals surface area contributed by atoms with Crippen molar-refractivity contribution in [2.45, 2.75) is 56.4 Å². The number of nitrogens with zero attached hydrogens (tertiary/aromatic N) is 7. The summed E-state index contributed by atoms with van der Waals surface area (Å²) in [5, 5.41) is 12.2. The molecule has 230 valence electrons. The summed E-state index contributed by atoms with van der Waals surface area (Å²) in [5.74, 6) is -1.05. The van der Waals surface area contributed by atoms with E-state index in [0.29, 0.717) is 35.5 Å². The highest BCUT2D eigenvalue weighted by molar-refractivity contribution is 7.89. The molecular weight excluding hydrogens is 602 g/mol. The van der Waals surface area contributed by atoms with Gasteiger partial charge in [0.1, 0.15) is 11.5 Å². The summed E-state index contributed by atoms with van der Waals surface area (Å²) < 4.78 is 84.3. The van der Waals surface area contributed by atoms with Crippen LogP contribution in [0.5, 0.6) is 0 Å². The molecule has 1 aromatic carbocycles. The maximum Gasteiger partial charge on any atom is 0.416 e. The molecule has 4 aromatic rings. The molecule has 2 aliphatic rings. The molecule has 6 rings (SSSR count). The number of aryl methyl sites for hydroxylation is 1. The summed E-state index contributed by atoms with van der Waals surface area (Å²) >= 11 is 0. The van der Waals surface area contributed by atoms with Crippen molar-refractivity contribution in [3.05, 3.63) is 88.9 Å². The summed E-state index contributed by atoms with van der Waals surface area (Å²) in [7, 11) is -2.70. The first-order chi connectivity index (χ1) is 20.8. The molecule has 0 N–H and O–H groups in total. The highest BCUT2D eigenvalue weighted by Crippen LogP contribution is 2.51. The SMILES string of the molecule is CCn1ncc(S(=O)(=O)N(C)[C@H]2CCC3=Cc4c(cnn4-c4ccc(F)cc4)C[C@]3(C(=O)c3cc(C(F)(F)F)ccn3)C2)n1. The van der Waals surface area contributed by atoms with Gasteiger partial charge in [-0.25, -0.2) is 17.5 Å². The van der Waals surface area contributed by atoms with Gasteiger partial charge in [-0.1, -0.05) is 5.57 Å². The van der Waals surface area contributed by atoms with E-state index in [1.54, 1.807) is 36.0 Å². The topological polar surface area (TPSA) is 116 Å². The Morgan fingerprint density at radius 3 is 2.57 bits per heavy atom. The quantitative estimate of drug-likeness (QED) is 0.215. The van der Waals surface area contributed by atoms with Gasteiger partial charge in [0.25, 0.3) is 10.0 Å². The zero-order chi connectivity index (χ0) is 31.4. The average Bonchev–Trinajstić information content (AvgIpc) is 3.66. The first kappa shape index (κ1) is 29.8. The minimum absolute atomic E-state index is 0.00555. The maximum absolute atomic E-state index is 14.4. The second kappa shape index (κ2) is 10.7. The molecule has 0 amide bonds. The third kappa shape index (κ3) is 5.03. The Balaban J connectivity index is 1.43. The van der Waals surface area contributed by atoms with E-state index in [2.05, 4.69) is 20.3 Å². The van der Waals surface area contributed by atoms with E-state index in [4.69, 9.17) is 0 Å². The number of pyridine rings is 1. The number of hydrogen-bond donors (Lipinski definition) is 0. The molecule has 3 heterocycles. The van der Waals surface area contributed by atoms with E-state index < -0.39 is 44.8 Å². The van der Waals surface area contributed by atoms with Crippen molar-refractivity contribution in [2.24, 2.45) is 5.41 Å². The molecule has 0 saturated heterocycles. The fourth-order valence-corrected chi connectivity index (χ4v) is 7.30. The number of Topliss-reactive ketones (excluding diaryl/α,β-unsaturated/α-hetero) is 1. The van der Waals surface area contributed by atoms with Crippen molar-refractivity contribution in [3.63, 3.8) is 0 Å². The zero-order valence-electron chi connectivity index (χ0n) is 23.7. The summed E-state index contributed by atoms with van der Waals surface area (Å²) in [6.45, 7) is 2.13. The smallest absolute Gasteiger partial charge is 0.291 e. The normalized spacial score (nSPS) is 20.2. The van der Waals surface area contributed by atoms with Crippen molar-refractivity contribution in [3.8, 4) is 5.69 Å². The van der Waals surface area contributed by atoms with Crippen LogP contribution in [-0.4, -0.2) is 61.4 Å². The van der Waals surface area contributed by atoms with Crippen LogP contribution in [0.3, 0.4) is 0 Å². The highest BCUT2D eigenvalue weighted by Gasteiger charge is 2.51. The number of benzene rings is 1. The minimum Gasteiger partial charge on any atom is -0.291 e. The van der Waals surface area contributed by atoms with E-state index in [1.165, 1.54) is 28.3 Å². The molecule has 10 nitrogen and oxygen atoms in total. The van der Waals surface area contributed by atoms with Gasteiger partial charge in [-0.3, -0.25) is 9.78 Å². The monoisotopic (exact) mass is 629 g/mol. The lowest BCUT2D eigenvalue weighted by atomic mass is 9.60. The summed E-state index contributed by atoms with van der Waals surface area (Å²) in [6.07, 6.45) is 1.45. The zero-order valence-corrected chi connectivity index (χ0v) is 24.5. The summed E-state index contributed by atoms with van der Waals surface area (Å²) in [6, 6.07) is 6.56. The Hall–Kier alpha value is -4.24. The van der Waals surface area contributed by atoms with E-state index in [0.717, 1.165) is 24.5 Å². The third-order valence-electron chi connectivity index (χ3n) is 8.42. The Morgan fingerprint density at radius 2 is 1.89 bits per heavy atom. The first-order valence-corrected chi connectivity index (χ1v) is 15.3. The average molecular weight is 630 g/mol. The number of carbonyl (C=O) groups excluding carboxylic acids is 1. The van der Waals surface area contributed by atoms with E-state index in [9.17, 15) is 30.8 Å².